The minimum atomic E-state index is -0.577. The van der Waals surface area contributed by atoms with Crippen molar-refractivity contribution in [3.63, 3.8) is 0 Å². The van der Waals surface area contributed by atoms with Crippen molar-refractivity contribution in [3.8, 4) is 17.2 Å². The molecule has 5 heteroatoms. The summed E-state index contributed by atoms with van der Waals surface area (Å²) in [7, 11) is 1.50. The van der Waals surface area contributed by atoms with Gasteiger partial charge >= 0.3 is 0 Å². The number of nitrogens with two attached hydrogens (primary N) is 1. The van der Waals surface area contributed by atoms with E-state index in [1.54, 1.807) is 24.3 Å². The first-order chi connectivity index (χ1) is 10.2. The summed E-state index contributed by atoms with van der Waals surface area (Å²) in [6.07, 6.45) is 0. The van der Waals surface area contributed by atoms with Crippen LogP contribution in [0.4, 0.5) is 4.39 Å². The van der Waals surface area contributed by atoms with Gasteiger partial charge in [0.1, 0.15) is 24.8 Å². The molecule has 0 amide bonds. The smallest absolute Gasteiger partial charge is 0.161 e. The highest BCUT2D eigenvalue weighted by Crippen LogP contribution is 2.34. The minimum absolute atomic E-state index is 0.392. The number of hydrogen-bond donors (Lipinski definition) is 1. The van der Waals surface area contributed by atoms with Crippen LogP contribution in [0.3, 0.4) is 0 Å². The van der Waals surface area contributed by atoms with Gasteiger partial charge in [0.25, 0.3) is 0 Å². The van der Waals surface area contributed by atoms with Crippen LogP contribution < -0.4 is 19.9 Å². The molecular formula is C16H16FNO3. The molecule has 0 aliphatic carbocycles. The number of methoxy groups -OCH3 is 1. The van der Waals surface area contributed by atoms with Crippen molar-refractivity contribution < 1.29 is 18.6 Å². The predicted octanol–water partition coefficient (Wildman–Crippen LogP) is 2.65. The molecular weight excluding hydrogens is 273 g/mol. The maximum absolute atomic E-state index is 14.1. The summed E-state index contributed by atoms with van der Waals surface area (Å²) in [6, 6.07) is 9.49. The van der Waals surface area contributed by atoms with E-state index in [0.717, 1.165) is 5.56 Å². The zero-order valence-corrected chi connectivity index (χ0v) is 11.6. The molecule has 0 saturated carbocycles. The highest BCUT2D eigenvalue weighted by molar-refractivity contribution is 5.47. The van der Waals surface area contributed by atoms with E-state index in [9.17, 15) is 4.39 Å². The fourth-order valence-electron chi connectivity index (χ4n) is 2.32. The summed E-state index contributed by atoms with van der Waals surface area (Å²) >= 11 is 0. The summed E-state index contributed by atoms with van der Waals surface area (Å²) < 4.78 is 30.1. The molecule has 0 aromatic heterocycles. The van der Waals surface area contributed by atoms with Gasteiger partial charge in [0.2, 0.25) is 0 Å². The Morgan fingerprint density at radius 3 is 2.57 bits per heavy atom. The van der Waals surface area contributed by atoms with E-state index in [-0.39, 0.29) is 0 Å². The number of fused-ring (bicyclic) bond motifs is 1. The quantitative estimate of drug-likeness (QED) is 0.944. The molecule has 110 valence electrons. The SMILES string of the molecule is COc1ccc(C(N)c2ccc3c(c2)OCCO3)c(F)c1. The molecule has 0 radical (unpaired) electrons. The largest absolute Gasteiger partial charge is 0.497 e. The Kier molecular flexibility index (Phi) is 3.66. The van der Waals surface area contributed by atoms with Gasteiger partial charge in [0, 0.05) is 11.6 Å². The third-order valence-electron chi connectivity index (χ3n) is 3.47. The second-order valence-corrected chi connectivity index (χ2v) is 4.77. The van der Waals surface area contributed by atoms with Crippen LogP contribution >= 0.6 is 0 Å². The molecule has 21 heavy (non-hydrogen) atoms. The Balaban J connectivity index is 1.93. The van der Waals surface area contributed by atoms with Crippen molar-refractivity contribution in [2.24, 2.45) is 5.73 Å². The van der Waals surface area contributed by atoms with Crippen LogP contribution in [0, 0.1) is 5.82 Å². The number of hydrogen-bond acceptors (Lipinski definition) is 4. The Bertz CT molecular complexity index is 660. The van der Waals surface area contributed by atoms with E-state index in [1.807, 2.05) is 6.07 Å². The monoisotopic (exact) mass is 289 g/mol. The van der Waals surface area contributed by atoms with Crippen LogP contribution in [0.5, 0.6) is 17.2 Å². The molecule has 0 bridgehead atoms. The van der Waals surface area contributed by atoms with Crippen LogP contribution in [0.1, 0.15) is 17.2 Å². The lowest BCUT2D eigenvalue weighted by Gasteiger charge is -2.21. The van der Waals surface area contributed by atoms with Crippen molar-refractivity contribution >= 4 is 0 Å². The molecule has 2 aromatic carbocycles. The summed E-state index contributed by atoms with van der Waals surface area (Å²) in [5, 5.41) is 0. The Labute approximate surface area is 122 Å². The summed E-state index contributed by atoms with van der Waals surface area (Å²) in [6.45, 7) is 1.04. The van der Waals surface area contributed by atoms with Crippen LogP contribution in [0.15, 0.2) is 36.4 Å². The Morgan fingerprint density at radius 2 is 1.86 bits per heavy atom. The summed E-state index contributed by atoms with van der Waals surface area (Å²) in [5.41, 5.74) is 7.34. The number of halogens is 1. The topological polar surface area (TPSA) is 53.7 Å². The van der Waals surface area contributed by atoms with Gasteiger partial charge < -0.3 is 19.9 Å². The van der Waals surface area contributed by atoms with Gasteiger partial charge in [-0.15, -0.1) is 0 Å². The van der Waals surface area contributed by atoms with Gasteiger partial charge in [-0.25, -0.2) is 4.39 Å². The first-order valence-electron chi connectivity index (χ1n) is 6.67. The third-order valence-corrected chi connectivity index (χ3v) is 3.47. The molecule has 2 aromatic rings. The van der Waals surface area contributed by atoms with Gasteiger partial charge in [0.15, 0.2) is 11.5 Å². The number of benzene rings is 2. The predicted molar refractivity (Wildman–Crippen MR) is 76.4 cm³/mol. The molecule has 1 atom stereocenters. The van der Waals surface area contributed by atoms with E-state index in [2.05, 4.69) is 0 Å². The first-order valence-corrected chi connectivity index (χ1v) is 6.67. The molecule has 1 aliphatic rings. The number of rotatable bonds is 3. The van der Waals surface area contributed by atoms with Gasteiger partial charge in [-0.3, -0.25) is 0 Å². The van der Waals surface area contributed by atoms with Crippen molar-refractivity contribution in [1.29, 1.82) is 0 Å². The van der Waals surface area contributed by atoms with Gasteiger partial charge in [-0.1, -0.05) is 12.1 Å². The van der Waals surface area contributed by atoms with Crippen LogP contribution in [0.2, 0.25) is 0 Å². The lowest BCUT2D eigenvalue weighted by molar-refractivity contribution is 0.171. The average Bonchev–Trinajstić information content (AvgIpc) is 2.53. The molecule has 0 spiro atoms. The molecule has 3 rings (SSSR count). The third kappa shape index (κ3) is 2.64. The molecule has 0 fully saturated rings. The van der Waals surface area contributed by atoms with Crippen molar-refractivity contribution in [2.45, 2.75) is 6.04 Å². The summed E-state index contributed by atoms with van der Waals surface area (Å²) in [5.74, 6) is 1.40. The lowest BCUT2D eigenvalue weighted by atomic mass is 9.98. The standard InChI is InChI=1S/C16H16FNO3/c1-19-11-3-4-12(13(17)9-11)16(18)10-2-5-14-15(8-10)21-7-6-20-14/h2-5,8-9,16H,6-7,18H2,1H3. The fraction of sp³-hybridized carbons (Fsp3) is 0.250. The highest BCUT2D eigenvalue weighted by atomic mass is 19.1. The zero-order chi connectivity index (χ0) is 14.8. The van der Waals surface area contributed by atoms with Gasteiger partial charge in [-0.05, 0) is 23.8 Å². The number of ether oxygens (including phenoxy) is 3. The molecule has 0 saturated heterocycles. The molecule has 4 nitrogen and oxygen atoms in total. The molecule has 1 unspecified atom stereocenters. The van der Waals surface area contributed by atoms with Crippen LogP contribution in [-0.4, -0.2) is 20.3 Å². The van der Waals surface area contributed by atoms with E-state index >= 15 is 0 Å². The lowest BCUT2D eigenvalue weighted by Crippen LogP contribution is -2.17. The van der Waals surface area contributed by atoms with E-state index in [4.69, 9.17) is 19.9 Å². The Hall–Kier alpha value is -2.27. The van der Waals surface area contributed by atoms with Crippen molar-refractivity contribution in [2.75, 3.05) is 20.3 Å². The van der Waals surface area contributed by atoms with Crippen molar-refractivity contribution in [1.82, 2.24) is 0 Å². The average molecular weight is 289 g/mol. The van der Waals surface area contributed by atoms with Crippen LogP contribution in [-0.2, 0) is 0 Å². The van der Waals surface area contributed by atoms with Gasteiger partial charge in [0.05, 0.1) is 13.2 Å². The maximum atomic E-state index is 14.1. The zero-order valence-electron chi connectivity index (χ0n) is 11.6. The maximum Gasteiger partial charge on any atom is 0.161 e. The van der Waals surface area contributed by atoms with E-state index in [1.165, 1.54) is 13.2 Å². The molecule has 1 heterocycles. The summed E-state index contributed by atoms with van der Waals surface area (Å²) in [4.78, 5) is 0. The first kappa shape index (κ1) is 13.7. The Morgan fingerprint density at radius 1 is 1.10 bits per heavy atom. The highest BCUT2D eigenvalue weighted by Gasteiger charge is 2.18. The fourth-order valence-corrected chi connectivity index (χ4v) is 2.32. The normalized spacial score (nSPS) is 14.6. The molecule has 2 N–H and O–H groups in total. The van der Waals surface area contributed by atoms with Crippen molar-refractivity contribution in [3.05, 3.63) is 53.3 Å². The minimum Gasteiger partial charge on any atom is -0.497 e. The van der Waals surface area contributed by atoms with Gasteiger partial charge in [-0.2, -0.15) is 0 Å². The second kappa shape index (κ2) is 5.61. The second-order valence-electron chi connectivity index (χ2n) is 4.77. The molecule has 1 aliphatic heterocycles. The van der Waals surface area contributed by atoms with Crippen LogP contribution in [0.25, 0.3) is 0 Å². The van der Waals surface area contributed by atoms with E-state index in [0.29, 0.717) is 36.0 Å². The van der Waals surface area contributed by atoms with E-state index < -0.39 is 11.9 Å².